The highest BCUT2D eigenvalue weighted by molar-refractivity contribution is 5.88. The topological polar surface area (TPSA) is 38.7 Å². The van der Waals surface area contributed by atoms with Crippen LogP contribution in [0.3, 0.4) is 0 Å². The van der Waals surface area contributed by atoms with Gasteiger partial charge in [-0.05, 0) is 29.4 Å². The summed E-state index contributed by atoms with van der Waals surface area (Å²) in [5.74, 6) is 0.548. The van der Waals surface area contributed by atoms with E-state index in [2.05, 4.69) is 53.1 Å². The summed E-state index contributed by atoms with van der Waals surface area (Å²) < 4.78 is 0. The minimum atomic E-state index is 0.548. The van der Waals surface area contributed by atoms with E-state index in [1.165, 1.54) is 22.7 Å². The molecule has 1 unspecified atom stereocenters. The summed E-state index contributed by atoms with van der Waals surface area (Å²) in [6, 6.07) is 8.56. The molecule has 0 aliphatic heterocycles. The van der Waals surface area contributed by atoms with Gasteiger partial charge < -0.3 is 0 Å². The van der Waals surface area contributed by atoms with Crippen molar-refractivity contribution < 1.29 is 0 Å². The van der Waals surface area contributed by atoms with E-state index in [0.29, 0.717) is 5.92 Å². The van der Waals surface area contributed by atoms with Gasteiger partial charge in [0, 0.05) is 29.5 Å². The van der Waals surface area contributed by atoms with Gasteiger partial charge in [0.15, 0.2) is 0 Å². The third-order valence-electron chi connectivity index (χ3n) is 3.80. The lowest BCUT2D eigenvalue weighted by Crippen LogP contribution is -1.94. The highest BCUT2D eigenvalue weighted by Crippen LogP contribution is 2.29. The molecular formula is C17H17N3. The molecule has 0 saturated carbocycles. The minimum absolute atomic E-state index is 0.548. The van der Waals surface area contributed by atoms with Gasteiger partial charge in [0.05, 0.1) is 5.69 Å². The van der Waals surface area contributed by atoms with Gasteiger partial charge in [-0.1, -0.05) is 32.0 Å². The first-order valence-electron chi connectivity index (χ1n) is 6.93. The predicted molar refractivity (Wildman–Crippen MR) is 81.5 cm³/mol. The molecule has 1 atom stereocenters. The maximum atomic E-state index is 4.57. The number of aromatic nitrogens is 3. The zero-order chi connectivity index (χ0) is 13.9. The van der Waals surface area contributed by atoms with Crippen LogP contribution >= 0.6 is 0 Å². The summed E-state index contributed by atoms with van der Waals surface area (Å²) in [5, 5.41) is 2.46. The first-order chi connectivity index (χ1) is 9.79. The molecule has 20 heavy (non-hydrogen) atoms. The van der Waals surface area contributed by atoms with Gasteiger partial charge in [0.25, 0.3) is 0 Å². The first kappa shape index (κ1) is 12.7. The monoisotopic (exact) mass is 263 g/mol. The Kier molecular flexibility index (Phi) is 3.42. The molecule has 0 saturated heterocycles. The van der Waals surface area contributed by atoms with Gasteiger partial charge in [-0.2, -0.15) is 0 Å². The maximum Gasteiger partial charge on any atom is 0.115 e. The predicted octanol–water partition coefficient (Wildman–Crippen LogP) is 4.21. The average Bonchev–Trinajstić information content (AvgIpc) is 2.54. The Morgan fingerprint density at radius 3 is 2.65 bits per heavy atom. The molecule has 2 aromatic heterocycles. The van der Waals surface area contributed by atoms with Crippen LogP contribution in [-0.2, 0) is 0 Å². The van der Waals surface area contributed by atoms with Crippen LogP contribution in [0.2, 0.25) is 0 Å². The van der Waals surface area contributed by atoms with Crippen molar-refractivity contribution in [3.63, 3.8) is 0 Å². The third-order valence-corrected chi connectivity index (χ3v) is 3.80. The maximum absolute atomic E-state index is 4.57. The zero-order valence-corrected chi connectivity index (χ0v) is 11.7. The van der Waals surface area contributed by atoms with Crippen LogP contribution in [0.5, 0.6) is 0 Å². The van der Waals surface area contributed by atoms with Crippen molar-refractivity contribution in [1.82, 2.24) is 15.0 Å². The van der Waals surface area contributed by atoms with Crippen molar-refractivity contribution in [3.05, 3.63) is 54.7 Å². The minimum Gasteiger partial charge on any atom is -0.255 e. The number of rotatable bonds is 3. The van der Waals surface area contributed by atoms with E-state index in [1.807, 2.05) is 6.20 Å². The number of hydrogen-bond donors (Lipinski definition) is 0. The van der Waals surface area contributed by atoms with E-state index >= 15 is 0 Å². The molecule has 3 nitrogen and oxygen atoms in total. The lowest BCUT2D eigenvalue weighted by molar-refractivity contribution is 0.739. The Hall–Kier alpha value is -2.29. The summed E-state index contributed by atoms with van der Waals surface area (Å²) in [6.07, 6.45) is 8.22. The van der Waals surface area contributed by atoms with Crippen LogP contribution < -0.4 is 0 Å². The SMILES string of the molecule is CCC(C)c1cccc2cc(-c3cncnc3)ncc12. The molecule has 0 bridgehead atoms. The molecule has 0 aliphatic rings. The number of hydrogen-bond acceptors (Lipinski definition) is 3. The fraction of sp³-hybridized carbons (Fsp3) is 0.235. The molecule has 0 amide bonds. The molecule has 0 spiro atoms. The second kappa shape index (κ2) is 5.37. The van der Waals surface area contributed by atoms with Crippen LogP contribution in [0.15, 0.2) is 49.2 Å². The molecule has 0 aliphatic carbocycles. The molecular weight excluding hydrogens is 246 g/mol. The lowest BCUT2D eigenvalue weighted by atomic mass is 9.93. The standard InChI is InChI=1S/C17H17N3/c1-3-12(2)15-6-4-5-13-7-17(20-10-16(13)15)14-8-18-11-19-9-14/h4-12H,3H2,1-2H3. The number of pyridine rings is 1. The van der Waals surface area contributed by atoms with Crippen molar-refractivity contribution in [1.29, 1.82) is 0 Å². The number of fused-ring (bicyclic) bond motifs is 1. The fourth-order valence-corrected chi connectivity index (χ4v) is 2.43. The smallest absolute Gasteiger partial charge is 0.115 e. The Morgan fingerprint density at radius 2 is 1.90 bits per heavy atom. The molecule has 0 fully saturated rings. The Bertz CT molecular complexity index is 723. The van der Waals surface area contributed by atoms with E-state index in [1.54, 1.807) is 12.4 Å². The summed E-state index contributed by atoms with van der Waals surface area (Å²) >= 11 is 0. The number of nitrogens with zero attached hydrogens (tertiary/aromatic N) is 3. The summed E-state index contributed by atoms with van der Waals surface area (Å²) in [7, 11) is 0. The van der Waals surface area contributed by atoms with Gasteiger partial charge in [-0.25, -0.2) is 9.97 Å². The zero-order valence-electron chi connectivity index (χ0n) is 11.7. The second-order valence-corrected chi connectivity index (χ2v) is 5.07. The number of benzene rings is 1. The largest absolute Gasteiger partial charge is 0.255 e. The lowest BCUT2D eigenvalue weighted by Gasteiger charge is -2.12. The molecule has 3 rings (SSSR count). The molecule has 3 aromatic rings. The van der Waals surface area contributed by atoms with Crippen LogP contribution in [0.25, 0.3) is 22.0 Å². The molecule has 3 heteroatoms. The van der Waals surface area contributed by atoms with E-state index in [0.717, 1.165) is 17.7 Å². The Labute approximate surface area is 118 Å². The van der Waals surface area contributed by atoms with Gasteiger partial charge in [-0.3, -0.25) is 4.98 Å². The Balaban J connectivity index is 2.14. The Morgan fingerprint density at radius 1 is 1.10 bits per heavy atom. The third kappa shape index (κ3) is 2.27. The molecule has 1 aromatic carbocycles. The molecule has 2 heterocycles. The summed E-state index contributed by atoms with van der Waals surface area (Å²) in [5.41, 5.74) is 3.23. The van der Waals surface area contributed by atoms with Gasteiger partial charge in [0.1, 0.15) is 6.33 Å². The normalized spacial score (nSPS) is 12.5. The van der Waals surface area contributed by atoms with Gasteiger partial charge >= 0.3 is 0 Å². The van der Waals surface area contributed by atoms with E-state index in [9.17, 15) is 0 Å². The van der Waals surface area contributed by atoms with Crippen molar-refractivity contribution >= 4 is 10.8 Å². The molecule has 0 radical (unpaired) electrons. The van der Waals surface area contributed by atoms with Crippen molar-refractivity contribution in [3.8, 4) is 11.3 Å². The van der Waals surface area contributed by atoms with Gasteiger partial charge in [-0.15, -0.1) is 0 Å². The van der Waals surface area contributed by atoms with Crippen molar-refractivity contribution in [2.45, 2.75) is 26.2 Å². The first-order valence-corrected chi connectivity index (χ1v) is 6.93. The average molecular weight is 263 g/mol. The van der Waals surface area contributed by atoms with Crippen LogP contribution in [0.1, 0.15) is 31.7 Å². The molecule has 0 N–H and O–H groups in total. The summed E-state index contributed by atoms with van der Waals surface area (Å²) in [4.78, 5) is 12.7. The van der Waals surface area contributed by atoms with Crippen molar-refractivity contribution in [2.24, 2.45) is 0 Å². The van der Waals surface area contributed by atoms with Gasteiger partial charge in [0.2, 0.25) is 0 Å². The van der Waals surface area contributed by atoms with Crippen LogP contribution in [-0.4, -0.2) is 15.0 Å². The quantitative estimate of drug-likeness (QED) is 0.710. The van der Waals surface area contributed by atoms with E-state index < -0.39 is 0 Å². The van der Waals surface area contributed by atoms with E-state index in [4.69, 9.17) is 0 Å². The van der Waals surface area contributed by atoms with Crippen LogP contribution in [0.4, 0.5) is 0 Å². The summed E-state index contributed by atoms with van der Waals surface area (Å²) in [6.45, 7) is 4.47. The van der Waals surface area contributed by atoms with Crippen LogP contribution in [0, 0.1) is 0 Å². The molecule has 100 valence electrons. The highest BCUT2D eigenvalue weighted by atomic mass is 14.8. The van der Waals surface area contributed by atoms with Crippen molar-refractivity contribution in [2.75, 3.05) is 0 Å². The highest BCUT2D eigenvalue weighted by Gasteiger charge is 2.09. The van der Waals surface area contributed by atoms with E-state index in [-0.39, 0.29) is 0 Å². The second-order valence-electron chi connectivity index (χ2n) is 5.07. The fourth-order valence-electron chi connectivity index (χ4n) is 2.43.